The molecule has 30 heavy (non-hydrogen) atoms. The first-order valence-corrected chi connectivity index (χ1v) is 11.0. The third-order valence-corrected chi connectivity index (χ3v) is 5.95. The van der Waals surface area contributed by atoms with Gasteiger partial charge in [0.25, 0.3) is 11.8 Å². The van der Waals surface area contributed by atoms with Gasteiger partial charge in [0, 0.05) is 22.1 Å². The van der Waals surface area contributed by atoms with Gasteiger partial charge in [0.2, 0.25) is 10.0 Å². The van der Waals surface area contributed by atoms with Gasteiger partial charge < -0.3 is 4.57 Å². The number of carbonyl (C=O) groups is 2. The molecule has 1 aromatic heterocycles. The summed E-state index contributed by atoms with van der Waals surface area (Å²) in [5, 5.41) is 6.32. The summed E-state index contributed by atoms with van der Waals surface area (Å²) >= 11 is 3.33. The second kappa shape index (κ2) is 7.56. The monoisotopic (exact) mass is 486 g/mol. The zero-order chi connectivity index (χ0) is 21.5. The number of halogens is 1. The normalized spacial score (nSPS) is 15.7. The van der Waals surface area contributed by atoms with Crippen molar-refractivity contribution >= 4 is 49.5 Å². The van der Waals surface area contributed by atoms with E-state index in [1.807, 2.05) is 0 Å². The smallest absolute Gasteiger partial charge is 0.282 e. The van der Waals surface area contributed by atoms with Gasteiger partial charge in [0.15, 0.2) is 0 Å². The average molecular weight is 487 g/mol. The fraction of sp³-hybridized carbons (Fsp3) is 0. The molecule has 1 aliphatic heterocycles. The van der Waals surface area contributed by atoms with Crippen LogP contribution >= 0.6 is 15.9 Å². The predicted molar refractivity (Wildman–Crippen MR) is 115 cm³/mol. The van der Waals surface area contributed by atoms with E-state index in [0.717, 1.165) is 4.47 Å². The SMILES string of the molecule is NS(=O)(=O)c1ccc(-n2cccc2/C=C2/C(=O)NN(c3ccc(Br)cc3)C2=O)cc1. The Balaban J connectivity index is 1.66. The van der Waals surface area contributed by atoms with Crippen LogP contribution in [0.25, 0.3) is 11.8 Å². The number of benzene rings is 2. The van der Waals surface area contributed by atoms with Gasteiger partial charge in [-0.15, -0.1) is 0 Å². The van der Waals surface area contributed by atoms with Crippen molar-refractivity contribution < 1.29 is 18.0 Å². The lowest BCUT2D eigenvalue weighted by atomic mass is 10.2. The molecule has 152 valence electrons. The number of hydrazine groups is 1. The van der Waals surface area contributed by atoms with E-state index in [1.165, 1.54) is 23.2 Å². The topological polar surface area (TPSA) is 114 Å². The molecule has 0 unspecified atom stereocenters. The highest BCUT2D eigenvalue weighted by Crippen LogP contribution is 2.24. The summed E-state index contributed by atoms with van der Waals surface area (Å²) in [6, 6.07) is 16.4. The molecule has 0 saturated carbocycles. The summed E-state index contributed by atoms with van der Waals surface area (Å²) in [6.45, 7) is 0. The van der Waals surface area contributed by atoms with E-state index in [4.69, 9.17) is 5.14 Å². The largest absolute Gasteiger partial charge is 0.317 e. The zero-order valence-corrected chi connectivity index (χ0v) is 17.7. The van der Waals surface area contributed by atoms with E-state index in [-0.39, 0.29) is 10.5 Å². The number of nitrogens with zero attached hydrogens (tertiary/aromatic N) is 2. The number of hydrogen-bond donors (Lipinski definition) is 2. The van der Waals surface area contributed by atoms with Gasteiger partial charge in [-0.3, -0.25) is 15.0 Å². The number of sulfonamides is 1. The Hall–Kier alpha value is -3.21. The van der Waals surface area contributed by atoms with Crippen LogP contribution in [0, 0.1) is 0 Å². The van der Waals surface area contributed by atoms with Crippen molar-refractivity contribution in [3.8, 4) is 5.69 Å². The van der Waals surface area contributed by atoms with Gasteiger partial charge in [-0.1, -0.05) is 15.9 Å². The van der Waals surface area contributed by atoms with Crippen LogP contribution in [0.4, 0.5) is 5.69 Å². The van der Waals surface area contributed by atoms with Crippen LogP contribution in [-0.4, -0.2) is 24.8 Å². The number of anilines is 1. The molecule has 3 aromatic rings. The average Bonchev–Trinajstić information content (AvgIpc) is 3.28. The fourth-order valence-electron chi connectivity index (χ4n) is 3.02. The van der Waals surface area contributed by atoms with Crippen molar-refractivity contribution in [2.75, 3.05) is 5.01 Å². The summed E-state index contributed by atoms with van der Waals surface area (Å²) in [4.78, 5) is 25.2. The molecule has 8 nitrogen and oxygen atoms in total. The maximum atomic E-state index is 12.8. The maximum absolute atomic E-state index is 12.8. The molecule has 0 bridgehead atoms. The Kier molecular flexibility index (Phi) is 5.06. The number of carbonyl (C=O) groups excluding carboxylic acids is 2. The first-order valence-electron chi connectivity index (χ1n) is 8.67. The van der Waals surface area contributed by atoms with Gasteiger partial charge in [-0.25, -0.2) is 18.6 Å². The number of nitrogens with one attached hydrogen (secondary N) is 1. The molecular weight excluding hydrogens is 472 g/mol. The highest BCUT2D eigenvalue weighted by atomic mass is 79.9. The third kappa shape index (κ3) is 3.80. The summed E-state index contributed by atoms with van der Waals surface area (Å²) in [5.41, 5.74) is 4.30. The summed E-state index contributed by atoms with van der Waals surface area (Å²) < 4.78 is 25.5. The number of rotatable bonds is 4. The molecule has 2 amide bonds. The van der Waals surface area contributed by atoms with Gasteiger partial charge >= 0.3 is 0 Å². The van der Waals surface area contributed by atoms with Gasteiger partial charge in [-0.2, -0.15) is 0 Å². The van der Waals surface area contributed by atoms with Crippen molar-refractivity contribution in [1.29, 1.82) is 0 Å². The lowest BCUT2D eigenvalue weighted by Gasteiger charge is -2.14. The van der Waals surface area contributed by atoms with Crippen molar-refractivity contribution in [3.63, 3.8) is 0 Å². The first kappa shape index (κ1) is 20.1. The lowest BCUT2D eigenvalue weighted by molar-refractivity contribution is -0.117. The van der Waals surface area contributed by atoms with Crippen LogP contribution in [0.2, 0.25) is 0 Å². The Morgan fingerprint density at radius 1 is 0.933 bits per heavy atom. The quantitative estimate of drug-likeness (QED) is 0.434. The van der Waals surface area contributed by atoms with E-state index in [0.29, 0.717) is 17.1 Å². The minimum Gasteiger partial charge on any atom is -0.317 e. The van der Waals surface area contributed by atoms with Gasteiger partial charge in [0.1, 0.15) is 5.57 Å². The van der Waals surface area contributed by atoms with E-state index in [2.05, 4.69) is 21.4 Å². The van der Waals surface area contributed by atoms with Crippen LogP contribution in [0.1, 0.15) is 5.69 Å². The van der Waals surface area contributed by atoms with Crippen LogP contribution < -0.4 is 15.6 Å². The second-order valence-electron chi connectivity index (χ2n) is 6.46. The number of aromatic nitrogens is 1. The minimum absolute atomic E-state index is 0.00574. The maximum Gasteiger partial charge on any atom is 0.282 e. The highest BCUT2D eigenvalue weighted by molar-refractivity contribution is 9.10. The van der Waals surface area contributed by atoms with Crippen LogP contribution in [0.5, 0.6) is 0 Å². The molecule has 0 aliphatic carbocycles. The number of primary sulfonamides is 1. The molecular formula is C20H15BrN4O4S. The van der Waals surface area contributed by atoms with Crippen LogP contribution in [-0.2, 0) is 19.6 Å². The minimum atomic E-state index is -3.79. The highest BCUT2D eigenvalue weighted by Gasteiger charge is 2.34. The number of nitrogens with two attached hydrogens (primary N) is 1. The van der Waals surface area contributed by atoms with Crippen molar-refractivity contribution in [2.24, 2.45) is 5.14 Å². The van der Waals surface area contributed by atoms with Gasteiger partial charge in [-0.05, 0) is 66.7 Å². The van der Waals surface area contributed by atoms with E-state index in [9.17, 15) is 18.0 Å². The standard InChI is InChI=1S/C20H15BrN4O4S/c21-13-3-5-15(6-4-13)25-20(27)18(19(26)23-25)12-16-2-1-11-24(16)14-7-9-17(10-8-14)30(22,28)29/h1-12H,(H,23,26)(H2,22,28,29)/b18-12-. The summed E-state index contributed by atoms with van der Waals surface area (Å²) in [7, 11) is -3.79. The molecule has 0 spiro atoms. The van der Waals surface area contributed by atoms with Crippen LogP contribution in [0.3, 0.4) is 0 Å². The van der Waals surface area contributed by atoms with Gasteiger partial charge in [0.05, 0.1) is 10.6 Å². The lowest BCUT2D eigenvalue weighted by Crippen LogP contribution is -2.35. The van der Waals surface area contributed by atoms with Crippen molar-refractivity contribution in [3.05, 3.63) is 82.6 Å². The summed E-state index contributed by atoms with van der Waals surface area (Å²) in [5.74, 6) is -0.986. The fourth-order valence-corrected chi connectivity index (χ4v) is 3.80. The zero-order valence-electron chi connectivity index (χ0n) is 15.3. The molecule has 1 aliphatic rings. The molecule has 0 atom stereocenters. The van der Waals surface area contributed by atoms with Crippen molar-refractivity contribution in [1.82, 2.24) is 9.99 Å². The van der Waals surface area contributed by atoms with E-state index in [1.54, 1.807) is 59.3 Å². The molecule has 1 fully saturated rings. The Bertz CT molecular complexity index is 1280. The molecule has 10 heteroatoms. The van der Waals surface area contributed by atoms with E-state index < -0.39 is 21.8 Å². The van der Waals surface area contributed by atoms with Crippen LogP contribution in [0.15, 0.2) is 81.8 Å². The molecule has 4 rings (SSSR count). The third-order valence-electron chi connectivity index (χ3n) is 4.49. The predicted octanol–water partition coefficient (Wildman–Crippen LogP) is 2.35. The first-order chi connectivity index (χ1) is 14.2. The Morgan fingerprint density at radius 2 is 1.57 bits per heavy atom. The molecule has 0 radical (unpaired) electrons. The van der Waals surface area contributed by atoms with E-state index >= 15 is 0 Å². The number of hydrogen-bond acceptors (Lipinski definition) is 4. The molecule has 2 aromatic carbocycles. The molecule has 1 saturated heterocycles. The Morgan fingerprint density at radius 3 is 2.20 bits per heavy atom. The molecule has 2 heterocycles. The summed E-state index contributed by atoms with van der Waals surface area (Å²) in [6.07, 6.45) is 3.23. The Labute approximate surface area is 180 Å². The molecule has 3 N–H and O–H groups in total. The second-order valence-corrected chi connectivity index (χ2v) is 8.93. The number of amides is 2. The van der Waals surface area contributed by atoms with Crippen molar-refractivity contribution in [2.45, 2.75) is 4.90 Å².